The molecule has 5 heteroatoms. The Bertz CT molecular complexity index is 442. The first-order valence-corrected chi connectivity index (χ1v) is 5.69. The number of benzene rings is 1. The van der Waals surface area contributed by atoms with Gasteiger partial charge in [0.25, 0.3) is 0 Å². The quantitative estimate of drug-likeness (QED) is 0.393. The number of aromatic nitrogens is 1. The van der Waals surface area contributed by atoms with Crippen molar-refractivity contribution in [1.29, 1.82) is 0 Å². The molecule has 0 saturated heterocycles. The van der Waals surface area contributed by atoms with Crippen LogP contribution in [0.4, 0.5) is 0 Å². The SMILES string of the molecule is Cn1ccc2cc(Br)ccc21.S=C[S-].[K+]. The van der Waals surface area contributed by atoms with Crippen LogP contribution in [-0.2, 0) is 19.7 Å². The van der Waals surface area contributed by atoms with Gasteiger partial charge in [0.15, 0.2) is 0 Å². The van der Waals surface area contributed by atoms with Gasteiger partial charge in [-0.05, 0) is 24.3 Å². The van der Waals surface area contributed by atoms with Crippen LogP contribution in [0.15, 0.2) is 34.9 Å². The van der Waals surface area contributed by atoms with Gasteiger partial charge < -0.3 is 29.4 Å². The molecule has 0 radical (unpaired) electrons. The van der Waals surface area contributed by atoms with Gasteiger partial charge in [0.2, 0.25) is 0 Å². The van der Waals surface area contributed by atoms with Crippen molar-refractivity contribution in [2.24, 2.45) is 7.05 Å². The maximum atomic E-state index is 4.08. The molecule has 0 aliphatic heterocycles. The van der Waals surface area contributed by atoms with Crippen molar-refractivity contribution in [1.82, 2.24) is 4.57 Å². The molecule has 0 atom stereocenters. The zero-order valence-electron chi connectivity index (χ0n) is 8.61. The fraction of sp³-hybridized carbons (Fsp3) is 0.100. The van der Waals surface area contributed by atoms with Gasteiger partial charge in [-0.1, -0.05) is 15.9 Å². The number of aryl methyl sites for hydroxylation is 1. The first-order valence-electron chi connectivity index (χ1n) is 3.95. The van der Waals surface area contributed by atoms with Crippen molar-refractivity contribution in [3.8, 4) is 0 Å². The minimum Gasteiger partial charge on any atom is -0.436 e. The van der Waals surface area contributed by atoms with Crippen molar-refractivity contribution in [2.75, 3.05) is 0 Å². The standard InChI is InChI=1S/C9H8BrN.CH2S2.K/c1-11-5-4-7-6-8(10)2-3-9(7)11;2-1-3;/h2-6H,1H3;1H,(H,2,3);/q;;+1/p-1. The molecule has 0 spiro atoms. The van der Waals surface area contributed by atoms with Crippen molar-refractivity contribution in [3.05, 3.63) is 34.9 Å². The third-order valence-electron chi connectivity index (χ3n) is 1.85. The van der Waals surface area contributed by atoms with Gasteiger partial charge in [0.1, 0.15) is 0 Å². The molecular weight excluding hydrogens is 317 g/mol. The van der Waals surface area contributed by atoms with E-state index in [4.69, 9.17) is 0 Å². The Balaban J connectivity index is 0.000000443. The van der Waals surface area contributed by atoms with Crippen molar-refractivity contribution in [2.45, 2.75) is 0 Å². The molecule has 0 unspecified atom stereocenters. The van der Waals surface area contributed by atoms with Gasteiger partial charge in [0.05, 0.1) is 0 Å². The molecule has 0 aliphatic carbocycles. The molecule has 0 aliphatic rings. The number of hydrogen-bond donors (Lipinski definition) is 0. The van der Waals surface area contributed by atoms with Gasteiger partial charge in [-0.25, -0.2) is 0 Å². The number of halogens is 1. The summed E-state index contributed by atoms with van der Waals surface area (Å²) in [6.07, 6.45) is 2.07. The average Bonchev–Trinajstić information content (AvgIpc) is 2.49. The van der Waals surface area contributed by atoms with Gasteiger partial charge in [0, 0.05) is 28.6 Å². The molecule has 74 valence electrons. The molecular formula is C10H9BrKNS2. The zero-order valence-corrected chi connectivity index (χ0v) is 14.9. The van der Waals surface area contributed by atoms with Crippen molar-refractivity contribution < 1.29 is 51.4 Å². The minimum absolute atomic E-state index is 0. The van der Waals surface area contributed by atoms with E-state index in [1.807, 2.05) is 0 Å². The fourth-order valence-corrected chi connectivity index (χ4v) is 1.63. The van der Waals surface area contributed by atoms with E-state index < -0.39 is 0 Å². The minimum atomic E-state index is 0. The van der Waals surface area contributed by atoms with Gasteiger partial charge in [-0.2, -0.15) is 4.70 Å². The molecule has 1 aromatic carbocycles. The molecule has 1 aromatic heterocycles. The monoisotopic (exact) mass is 325 g/mol. The van der Waals surface area contributed by atoms with E-state index in [0.29, 0.717) is 0 Å². The summed E-state index contributed by atoms with van der Waals surface area (Å²) in [6, 6.07) is 8.40. The Labute approximate surface area is 152 Å². The summed E-state index contributed by atoms with van der Waals surface area (Å²) in [6.45, 7) is 0. The predicted octanol–water partition coefficient (Wildman–Crippen LogP) is 0.435. The third-order valence-corrected chi connectivity index (χ3v) is 2.34. The number of fused-ring (bicyclic) bond motifs is 1. The topological polar surface area (TPSA) is 4.93 Å². The Morgan fingerprint density at radius 2 is 2.00 bits per heavy atom. The second-order valence-electron chi connectivity index (χ2n) is 2.73. The van der Waals surface area contributed by atoms with E-state index in [1.165, 1.54) is 15.6 Å². The third kappa shape index (κ3) is 4.91. The Morgan fingerprint density at radius 1 is 1.40 bits per heavy atom. The average molecular weight is 326 g/mol. The largest absolute Gasteiger partial charge is 1.00 e. The summed E-state index contributed by atoms with van der Waals surface area (Å²) in [7, 11) is 2.05. The van der Waals surface area contributed by atoms with Crippen LogP contribution < -0.4 is 51.4 Å². The van der Waals surface area contributed by atoms with E-state index in [-0.39, 0.29) is 51.4 Å². The molecule has 2 aromatic rings. The Kier molecular flexibility index (Phi) is 8.96. The first-order chi connectivity index (χ1) is 6.69. The van der Waals surface area contributed by atoms with Crippen LogP contribution in [-0.4, -0.2) is 9.27 Å². The van der Waals surface area contributed by atoms with E-state index in [2.05, 4.69) is 82.9 Å². The fourth-order valence-electron chi connectivity index (χ4n) is 1.25. The van der Waals surface area contributed by atoms with Gasteiger partial charge >= 0.3 is 51.4 Å². The molecule has 0 amide bonds. The molecule has 2 rings (SSSR count). The van der Waals surface area contributed by atoms with Crippen molar-refractivity contribution >= 4 is 56.4 Å². The summed E-state index contributed by atoms with van der Waals surface area (Å²) < 4.78 is 4.41. The van der Waals surface area contributed by atoms with Crippen LogP contribution in [0, 0.1) is 0 Å². The second-order valence-corrected chi connectivity index (χ2v) is 4.41. The normalized spacial score (nSPS) is 8.67. The predicted molar refractivity (Wildman–Crippen MR) is 71.6 cm³/mol. The summed E-state index contributed by atoms with van der Waals surface area (Å²) in [5.41, 5.74) is 1.27. The van der Waals surface area contributed by atoms with Crippen LogP contribution in [0.25, 0.3) is 10.9 Å². The maximum absolute atomic E-state index is 4.08. The van der Waals surface area contributed by atoms with Crippen LogP contribution in [0.1, 0.15) is 0 Å². The molecule has 1 heterocycles. The van der Waals surface area contributed by atoms with Gasteiger partial charge in [-0.15, -0.1) is 0 Å². The zero-order chi connectivity index (χ0) is 10.6. The molecule has 1 nitrogen and oxygen atoms in total. The molecule has 0 fully saturated rings. The van der Waals surface area contributed by atoms with Crippen LogP contribution in [0.2, 0.25) is 0 Å². The summed E-state index contributed by atoms with van der Waals surface area (Å²) in [5.74, 6) is 0. The smallest absolute Gasteiger partial charge is 0.436 e. The molecule has 0 bridgehead atoms. The van der Waals surface area contributed by atoms with Crippen molar-refractivity contribution in [3.63, 3.8) is 0 Å². The first kappa shape index (κ1) is 16.2. The number of rotatable bonds is 0. The molecule has 0 N–H and O–H groups in total. The Hall–Kier alpha value is 1.19. The van der Waals surface area contributed by atoms with E-state index in [9.17, 15) is 0 Å². The molecule has 0 saturated carbocycles. The van der Waals surface area contributed by atoms with Crippen LogP contribution >= 0.6 is 28.1 Å². The molecule has 15 heavy (non-hydrogen) atoms. The van der Waals surface area contributed by atoms with E-state index in [0.717, 1.165) is 4.47 Å². The summed E-state index contributed by atoms with van der Waals surface area (Å²) in [5, 5.41) is 1.28. The number of nitrogens with zero attached hydrogens (tertiary/aromatic N) is 1. The number of hydrogen-bond acceptors (Lipinski definition) is 2. The van der Waals surface area contributed by atoms with Crippen LogP contribution in [0.3, 0.4) is 0 Å². The second kappa shape index (κ2) is 8.30. The van der Waals surface area contributed by atoms with E-state index in [1.54, 1.807) is 0 Å². The summed E-state index contributed by atoms with van der Waals surface area (Å²) in [4.78, 5) is 0. The van der Waals surface area contributed by atoms with E-state index >= 15 is 0 Å². The number of thiocarbonyl (C=S) groups is 1. The Morgan fingerprint density at radius 3 is 2.60 bits per heavy atom. The van der Waals surface area contributed by atoms with Gasteiger partial charge in [-0.3, -0.25) is 0 Å². The maximum Gasteiger partial charge on any atom is 1.00 e. The summed E-state index contributed by atoms with van der Waals surface area (Å²) >= 11 is 11.6. The van der Waals surface area contributed by atoms with Crippen LogP contribution in [0.5, 0.6) is 0 Å².